The molecular weight excluding hydrogens is 264 g/mol. The summed E-state index contributed by atoms with van der Waals surface area (Å²) in [5, 5.41) is 8.16. The molecule has 0 saturated carbocycles. The van der Waals surface area contributed by atoms with E-state index in [0.717, 1.165) is 35.5 Å². The van der Waals surface area contributed by atoms with Gasteiger partial charge in [-0.25, -0.2) is 0 Å². The summed E-state index contributed by atoms with van der Waals surface area (Å²) >= 11 is 0. The molecule has 0 saturated heterocycles. The van der Waals surface area contributed by atoms with Crippen LogP contribution in [-0.4, -0.2) is 19.2 Å². The van der Waals surface area contributed by atoms with Crippen LogP contribution in [0.5, 0.6) is 0 Å². The normalized spacial score (nSPS) is 11.2. The smallest absolute Gasteiger partial charge is 0.280 e. The first-order valence-corrected chi connectivity index (χ1v) is 7.14. The van der Waals surface area contributed by atoms with Gasteiger partial charge in [0.2, 0.25) is 5.65 Å². The van der Waals surface area contributed by atoms with Crippen LogP contribution in [0.3, 0.4) is 0 Å². The highest BCUT2D eigenvalue weighted by Crippen LogP contribution is 2.12. The van der Waals surface area contributed by atoms with E-state index in [1.165, 1.54) is 0 Å². The van der Waals surface area contributed by atoms with Crippen LogP contribution < -0.4 is 5.56 Å². The predicted octanol–water partition coefficient (Wildman–Crippen LogP) is 2.45. The van der Waals surface area contributed by atoms with Crippen molar-refractivity contribution in [3.63, 3.8) is 0 Å². The zero-order valence-electron chi connectivity index (χ0n) is 12.5. The first kappa shape index (κ1) is 13.5. The largest absolute Gasteiger partial charge is 0.300 e. The topological polar surface area (TPSA) is 52.2 Å². The molecule has 0 unspecified atom stereocenters. The van der Waals surface area contributed by atoms with Gasteiger partial charge in [0.05, 0.1) is 0 Å². The summed E-state index contributed by atoms with van der Waals surface area (Å²) < 4.78 is 3.41. The van der Waals surface area contributed by atoms with Crippen LogP contribution in [0.4, 0.5) is 0 Å². The molecule has 2 heterocycles. The molecule has 0 aliphatic rings. The SMILES string of the molecule is CCCc1nnc2c(=O)n(-c3cc(C)cc(C)c3)ccn12. The third kappa shape index (κ3) is 2.35. The van der Waals surface area contributed by atoms with Crippen molar-refractivity contribution in [1.82, 2.24) is 19.2 Å². The van der Waals surface area contributed by atoms with Gasteiger partial charge in [-0.3, -0.25) is 13.8 Å². The molecule has 3 aromatic rings. The summed E-state index contributed by atoms with van der Waals surface area (Å²) in [6.45, 7) is 6.13. The average Bonchev–Trinajstić information content (AvgIpc) is 2.83. The Kier molecular flexibility index (Phi) is 3.33. The molecule has 0 atom stereocenters. The van der Waals surface area contributed by atoms with Gasteiger partial charge >= 0.3 is 5.56 Å². The standard InChI is InChI=1S/C16H18N4O/c1-4-5-14-17-18-15-16(21)19(6-7-20(14)15)13-9-11(2)8-12(3)10-13/h6-10H,4-5H2,1-3H3. The van der Waals surface area contributed by atoms with Crippen LogP contribution in [-0.2, 0) is 6.42 Å². The highest BCUT2D eigenvalue weighted by molar-refractivity contribution is 5.43. The molecule has 0 amide bonds. The van der Waals surface area contributed by atoms with E-state index < -0.39 is 0 Å². The Morgan fingerprint density at radius 1 is 1.05 bits per heavy atom. The molecule has 108 valence electrons. The second kappa shape index (κ2) is 5.16. The van der Waals surface area contributed by atoms with Gasteiger partial charge in [-0.15, -0.1) is 10.2 Å². The average molecular weight is 282 g/mol. The van der Waals surface area contributed by atoms with E-state index in [9.17, 15) is 4.79 Å². The third-order valence-corrected chi connectivity index (χ3v) is 3.50. The second-order valence-corrected chi connectivity index (χ2v) is 5.38. The van der Waals surface area contributed by atoms with Crippen molar-refractivity contribution in [3.8, 4) is 5.69 Å². The van der Waals surface area contributed by atoms with E-state index in [4.69, 9.17) is 0 Å². The highest BCUT2D eigenvalue weighted by atomic mass is 16.1. The Labute approximate surface area is 122 Å². The zero-order chi connectivity index (χ0) is 15.0. The Morgan fingerprint density at radius 3 is 2.43 bits per heavy atom. The molecule has 0 radical (unpaired) electrons. The molecule has 0 aliphatic heterocycles. The molecule has 21 heavy (non-hydrogen) atoms. The number of rotatable bonds is 3. The molecule has 5 nitrogen and oxygen atoms in total. The maximum Gasteiger partial charge on any atom is 0.300 e. The van der Waals surface area contributed by atoms with Crippen LogP contribution in [0.15, 0.2) is 35.4 Å². The molecule has 3 rings (SSSR count). The zero-order valence-corrected chi connectivity index (χ0v) is 12.5. The van der Waals surface area contributed by atoms with E-state index >= 15 is 0 Å². The van der Waals surface area contributed by atoms with Gasteiger partial charge in [0.15, 0.2) is 0 Å². The fourth-order valence-corrected chi connectivity index (χ4v) is 2.62. The summed E-state index contributed by atoms with van der Waals surface area (Å²) in [6, 6.07) is 6.08. The molecule has 2 aromatic heterocycles. The highest BCUT2D eigenvalue weighted by Gasteiger charge is 2.11. The number of aryl methyl sites for hydroxylation is 3. The van der Waals surface area contributed by atoms with Gasteiger partial charge in [-0.1, -0.05) is 13.0 Å². The molecule has 5 heteroatoms. The molecule has 0 bridgehead atoms. The number of benzene rings is 1. The lowest BCUT2D eigenvalue weighted by molar-refractivity contribution is 0.812. The molecule has 0 fully saturated rings. The van der Waals surface area contributed by atoms with Crippen LogP contribution >= 0.6 is 0 Å². The van der Waals surface area contributed by atoms with Crippen molar-refractivity contribution >= 4 is 5.65 Å². The minimum absolute atomic E-state index is 0.141. The quantitative estimate of drug-likeness (QED) is 0.741. The van der Waals surface area contributed by atoms with Gasteiger partial charge in [-0.2, -0.15) is 0 Å². The summed E-state index contributed by atoms with van der Waals surface area (Å²) in [4.78, 5) is 12.6. The van der Waals surface area contributed by atoms with E-state index in [1.807, 2.05) is 32.2 Å². The fraction of sp³-hybridized carbons (Fsp3) is 0.312. The van der Waals surface area contributed by atoms with E-state index in [-0.39, 0.29) is 5.56 Å². The Bertz CT molecular complexity index is 840. The third-order valence-electron chi connectivity index (χ3n) is 3.50. The summed E-state index contributed by atoms with van der Waals surface area (Å²) in [7, 11) is 0. The number of aromatic nitrogens is 4. The van der Waals surface area contributed by atoms with Crippen molar-refractivity contribution < 1.29 is 0 Å². The lowest BCUT2D eigenvalue weighted by Gasteiger charge is -2.08. The van der Waals surface area contributed by atoms with E-state index in [2.05, 4.69) is 23.2 Å². The maximum absolute atomic E-state index is 12.6. The Hall–Kier alpha value is -2.43. The van der Waals surface area contributed by atoms with Crippen molar-refractivity contribution in [1.29, 1.82) is 0 Å². The maximum atomic E-state index is 12.6. The van der Waals surface area contributed by atoms with Gasteiger partial charge in [0.25, 0.3) is 0 Å². The van der Waals surface area contributed by atoms with Crippen molar-refractivity contribution in [2.45, 2.75) is 33.6 Å². The first-order valence-electron chi connectivity index (χ1n) is 7.14. The summed E-state index contributed by atoms with van der Waals surface area (Å²) in [6.07, 6.45) is 5.43. The first-order chi connectivity index (χ1) is 10.1. The second-order valence-electron chi connectivity index (χ2n) is 5.38. The fourth-order valence-electron chi connectivity index (χ4n) is 2.62. The number of hydrogen-bond acceptors (Lipinski definition) is 3. The van der Waals surface area contributed by atoms with Crippen LogP contribution in [0, 0.1) is 13.8 Å². The molecule has 0 spiro atoms. The van der Waals surface area contributed by atoms with Gasteiger partial charge < -0.3 is 0 Å². The number of nitrogens with zero attached hydrogens (tertiary/aromatic N) is 4. The Balaban J connectivity index is 2.21. The minimum atomic E-state index is -0.141. The van der Waals surface area contributed by atoms with E-state index in [1.54, 1.807) is 15.2 Å². The van der Waals surface area contributed by atoms with Crippen molar-refractivity contribution in [3.05, 3.63) is 57.9 Å². The predicted molar refractivity (Wildman–Crippen MR) is 82.1 cm³/mol. The van der Waals surface area contributed by atoms with Gasteiger partial charge in [0.1, 0.15) is 5.82 Å². The lowest BCUT2D eigenvalue weighted by Crippen LogP contribution is -2.20. The molecule has 0 aliphatic carbocycles. The summed E-state index contributed by atoms with van der Waals surface area (Å²) in [5.41, 5.74) is 3.35. The lowest BCUT2D eigenvalue weighted by atomic mass is 10.1. The number of hydrogen-bond donors (Lipinski definition) is 0. The van der Waals surface area contributed by atoms with Crippen LogP contribution in [0.1, 0.15) is 30.3 Å². The van der Waals surface area contributed by atoms with Gasteiger partial charge in [-0.05, 0) is 43.5 Å². The van der Waals surface area contributed by atoms with E-state index in [0.29, 0.717) is 5.65 Å². The minimum Gasteiger partial charge on any atom is -0.280 e. The number of fused-ring (bicyclic) bond motifs is 1. The van der Waals surface area contributed by atoms with Gasteiger partial charge in [0, 0.05) is 24.5 Å². The van der Waals surface area contributed by atoms with Crippen molar-refractivity contribution in [2.24, 2.45) is 0 Å². The molecule has 1 aromatic carbocycles. The van der Waals surface area contributed by atoms with Crippen LogP contribution in [0.25, 0.3) is 11.3 Å². The summed E-state index contributed by atoms with van der Waals surface area (Å²) in [5.74, 6) is 0.831. The monoisotopic (exact) mass is 282 g/mol. The Morgan fingerprint density at radius 2 is 1.76 bits per heavy atom. The molecular formula is C16H18N4O. The van der Waals surface area contributed by atoms with Crippen molar-refractivity contribution in [2.75, 3.05) is 0 Å². The van der Waals surface area contributed by atoms with Crippen LogP contribution in [0.2, 0.25) is 0 Å². The molecule has 0 N–H and O–H groups in total.